The van der Waals surface area contributed by atoms with Crippen LogP contribution in [0.3, 0.4) is 0 Å². The fourth-order valence-corrected chi connectivity index (χ4v) is 3.14. The van der Waals surface area contributed by atoms with Crippen LogP contribution in [0.4, 0.5) is 10.1 Å². The van der Waals surface area contributed by atoms with Gasteiger partial charge in [-0.25, -0.2) is 4.39 Å². The summed E-state index contributed by atoms with van der Waals surface area (Å²) in [5.41, 5.74) is 1.65. The maximum absolute atomic E-state index is 13.2. The first-order valence-corrected chi connectivity index (χ1v) is 9.66. The third-order valence-electron chi connectivity index (χ3n) is 4.34. The molecule has 29 heavy (non-hydrogen) atoms. The van der Waals surface area contributed by atoms with Crippen LogP contribution in [0.2, 0.25) is 0 Å². The predicted molar refractivity (Wildman–Crippen MR) is 111 cm³/mol. The monoisotopic (exact) mass is 396 g/mol. The van der Waals surface area contributed by atoms with E-state index in [-0.39, 0.29) is 35.4 Å². The largest absolute Gasteiger partial charge is 0.491 e. The van der Waals surface area contributed by atoms with Gasteiger partial charge in [-0.3, -0.25) is 14.5 Å². The molecule has 0 saturated heterocycles. The fourth-order valence-electron chi connectivity index (χ4n) is 3.14. The first kappa shape index (κ1) is 20.6. The van der Waals surface area contributed by atoms with E-state index < -0.39 is 0 Å². The van der Waals surface area contributed by atoms with E-state index in [1.54, 1.807) is 24.3 Å². The molecule has 1 aliphatic heterocycles. The van der Waals surface area contributed by atoms with Gasteiger partial charge in [0.25, 0.3) is 11.8 Å². The van der Waals surface area contributed by atoms with Crippen LogP contribution < -0.4 is 10.1 Å². The lowest BCUT2D eigenvalue weighted by molar-refractivity contribution is -0.137. The van der Waals surface area contributed by atoms with E-state index in [0.29, 0.717) is 29.1 Å². The molecule has 0 radical (unpaired) electrons. The van der Waals surface area contributed by atoms with Gasteiger partial charge in [-0.2, -0.15) is 0 Å². The number of ether oxygens (including phenoxy) is 1. The molecule has 0 atom stereocenters. The van der Waals surface area contributed by atoms with E-state index in [0.717, 1.165) is 0 Å². The van der Waals surface area contributed by atoms with Gasteiger partial charge in [0.1, 0.15) is 17.3 Å². The Labute approximate surface area is 170 Å². The van der Waals surface area contributed by atoms with Gasteiger partial charge in [0.2, 0.25) is 0 Å². The molecule has 0 unspecified atom stereocenters. The summed E-state index contributed by atoms with van der Waals surface area (Å²) >= 11 is 0. The SMILES string of the molecule is CC(C)CN1C(=O)C(Nc2ccc(F)cc2)=C(c2ccc(OC(C)C)cc2)C1=O. The molecule has 0 aromatic heterocycles. The number of nitrogens with one attached hydrogen (secondary N) is 1. The lowest BCUT2D eigenvalue weighted by Crippen LogP contribution is -2.35. The Morgan fingerprint density at radius 2 is 1.55 bits per heavy atom. The Hall–Kier alpha value is -3.15. The molecule has 5 nitrogen and oxygen atoms in total. The molecule has 2 aromatic rings. The zero-order valence-electron chi connectivity index (χ0n) is 17.0. The molecule has 0 spiro atoms. The van der Waals surface area contributed by atoms with Gasteiger partial charge in [-0.1, -0.05) is 26.0 Å². The second-order valence-corrected chi connectivity index (χ2v) is 7.69. The van der Waals surface area contributed by atoms with Crippen molar-refractivity contribution >= 4 is 23.1 Å². The van der Waals surface area contributed by atoms with Crippen LogP contribution >= 0.6 is 0 Å². The Kier molecular flexibility index (Phi) is 6.01. The number of carbonyl (C=O) groups is 2. The van der Waals surface area contributed by atoms with E-state index in [9.17, 15) is 14.0 Å². The van der Waals surface area contributed by atoms with E-state index >= 15 is 0 Å². The number of benzene rings is 2. The number of carbonyl (C=O) groups excluding carboxylic acids is 2. The molecule has 0 bridgehead atoms. The fraction of sp³-hybridized carbons (Fsp3) is 0.304. The van der Waals surface area contributed by atoms with Crippen molar-refractivity contribution < 1.29 is 18.7 Å². The zero-order valence-corrected chi connectivity index (χ0v) is 17.0. The minimum atomic E-state index is -0.384. The highest BCUT2D eigenvalue weighted by Crippen LogP contribution is 2.32. The molecule has 2 aromatic carbocycles. The number of halogens is 1. The molecule has 2 amide bonds. The summed E-state index contributed by atoms with van der Waals surface area (Å²) in [4.78, 5) is 27.3. The third-order valence-corrected chi connectivity index (χ3v) is 4.34. The van der Waals surface area contributed by atoms with Gasteiger partial charge in [-0.15, -0.1) is 0 Å². The number of hydrogen-bond donors (Lipinski definition) is 1. The average molecular weight is 396 g/mol. The van der Waals surface area contributed by atoms with Crippen LogP contribution in [-0.2, 0) is 9.59 Å². The van der Waals surface area contributed by atoms with Crippen molar-refractivity contribution in [1.29, 1.82) is 0 Å². The number of imide groups is 1. The lowest BCUT2D eigenvalue weighted by atomic mass is 10.0. The standard InChI is InChI=1S/C23H25FN2O3/c1-14(2)13-26-22(27)20(16-5-11-19(12-6-16)29-15(3)4)21(23(26)28)25-18-9-7-17(24)8-10-18/h5-12,14-15,25H,13H2,1-4H3. The maximum Gasteiger partial charge on any atom is 0.278 e. The Balaban J connectivity index is 2.00. The molecule has 1 heterocycles. The van der Waals surface area contributed by atoms with Gasteiger partial charge in [0.05, 0.1) is 11.7 Å². The molecule has 1 aliphatic rings. The molecular formula is C23H25FN2O3. The number of hydrogen-bond acceptors (Lipinski definition) is 4. The molecule has 0 aliphatic carbocycles. The first-order valence-electron chi connectivity index (χ1n) is 9.66. The van der Waals surface area contributed by atoms with Crippen LogP contribution in [0.1, 0.15) is 33.3 Å². The van der Waals surface area contributed by atoms with Gasteiger partial charge >= 0.3 is 0 Å². The number of rotatable bonds is 7. The maximum atomic E-state index is 13.2. The van der Waals surface area contributed by atoms with E-state index in [1.165, 1.54) is 29.2 Å². The van der Waals surface area contributed by atoms with Crippen molar-refractivity contribution in [1.82, 2.24) is 4.90 Å². The summed E-state index contributed by atoms with van der Waals surface area (Å²) in [6.07, 6.45) is 0.0343. The van der Waals surface area contributed by atoms with Crippen molar-refractivity contribution in [2.75, 3.05) is 11.9 Å². The predicted octanol–water partition coefficient (Wildman–Crippen LogP) is 4.46. The van der Waals surface area contributed by atoms with Crippen LogP contribution in [0.5, 0.6) is 5.75 Å². The van der Waals surface area contributed by atoms with Crippen LogP contribution in [0.25, 0.3) is 5.57 Å². The van der Waals surface area contributed by atoms with Crippen LogP contribution in [-0.4, -0.2) is 29.4 Å². The number of amides is 2. The smallest absolute Gasteiger partial charge is 0.278 e. The van der Waals surface area contributed by atoms with Gasteiger partial charge in [-0.05, 0) is 61.7 Å². The highest BCUT2D eigenvalue weighted by molar-refractivity contribution is 6.36. The van der Waals surface area contributed by atoms with Crippen molar-refractivity contribution in [2.24, 2.45) is 5.92 Å². The summed E-state index contributed by atoms with van der Waals surface area (Å²) in [5.74, 6) is -0.276. The molecule has 0 saturated carbocycles. The molecule has 3 rings (SSSR count). The van der Waals surface area contributed by atoms with Crippen LogP contribution in [0, 0.1) is 11.7 Å². The van der Waals surface area contributed by atoms with E-state index in [4.69, 9.17) is 4.74 Å². The van der Waals surface area contributed by atoms with Crippen LogP contribution in [0.15, 0.2) is 54.2 Å². The third kappa shape index (κ3) is 4.65. The highest BCUT2D eigenvalue weighted by Gasteiger charge is 2.39. The van der Waals surface area contributed by atoms with E-state index in [2.05, 4.69) is 5.32 Å². The summed E-state index contributed by atoms with van der Waals surface area (Å²) in [5, 5.41) is 3.02. The minimum Gasteiger partial charge on any atom is -0.491 e. The quantitative estimate of drug-likeness (QED) is 0.702. The van der Waals surface area contributed by atoms with Gasteiger partial charge in [0.15, 0.2) is 0 Å². The Morgan fingerprint density at radius 1 is 0.931 bits per heavy atom. The molecule has 1 N–H and O–H groups in total. The number of anilines is 1. The first-order chi connectivity index (χ1) is 13.8. The van der Waals surface area contributed by atoms with Crippen molar-refractivity contribution in [2.45, 2.75) is 33.8 Å². The molecule has 152 valence electrons. The summed E-state index contributed by atoms with van der Waals surface area (Å²) in [6, 6.07) is 12.8. The topological polar surface area (TPSA) is 58.6 Å². The molecular weight excluding hydrogens is 371 g/mol. The number of nitrogens with zero attached hydrogens (tertiary/aromatic N) is 1. The minimum absolute atomic E-state index is 0.0343. The molecule has 0 fully saturated rings. The summed E-state index contributed by atoms with van der Waals surface area (Å²) in [6.45, 7) is 8.09. The van der Waals surface area contributed by atoms with Gasteiger partial charge < -0.3 is 10.1 Å². The summed E-state index contributed by atoms with van der Waals surface area (Å²) < 4.78 is 18.9. The normalized spacial score (nSPS) is 14.4. The van der Waals surface area contributed by atoms with Crippen molar-refractivity contribution in [3.63, 3.8) is 0 Å². The second kappa shape index (κ2) is 8.47. The van der Waals surface area contributed by atoms with Crippen molar-refractivity contribution in [3.8, 4) is 5.75 Å². The average Bonchev–Trinajstić information content (AvgIpc) is 2.88. The van der Waals surface area contributed by atoms with Gasteiger partial charge in [0, 0.05) is 12.2 Å². The van der Waals surface area contributed by atoms with E-state index in [1.807, 2.05) is 27.7 Å². The Bertz CT molecular complexity index is 932. The lowest BCUT2D eigenvalue weighted by Gasteiger charge is -2.17. The van der Waals surface area contributed by atoms with Crippen molar-refractivity contribution in [3.05, 3.63) is 65.6 Å². The highest BCUT2D eigenvalue weighted by atomic mass is 19.1. The summed E-state index contributed by atoms with van der Waals surface area (Å²) in [7, 11) is 0. The zero-order chi connectivity index (χ0) is 21.1. The Morgan fingerprint density at radius 3 is 2.10 bits per heavy atom. The molecule has 6 heteroatoms. The second-order valence-electron chi connectivity index (χ2n) is 7.69.